The van der Waals surface area contributed by atoms with Crippen LogP contribution in [0.1, 0.15) is 25.7 Å². The molecule has 2 unspecified atom stereocenters. The van der Waals surface area contributed by atoms with E-state index in [4.69, 9.17) is 5.11 Å². The van der Waals surface area contributed by atoms with Crippen molar-refractivity contribution in [1.82, 2.24) is 0 Å². The summed E-state index contributed by atoms with van der Waals surface area (Å²) in [4.78, 5) is 22.2. The number of hydrogen-bond donors (Lipinski definition) is 1. The van der Waals surface area contributed by atoms with Gasteiger partial charge in [-0.05, 0) is 24.8 Å². The molecule has 2 aliphatic rings. The van der Waals surface area contributed by atoms with Gasteiger partial charge in [0.2, 0.25) is 0 Å². The predicted octanol–water partition coefficient (Wildman–Crippen LogP) is 1.39. The van der Waals surface area contributed by atoms with Crippen molar-refractivity contribution >= 4 is 11.8 Å². The first-order valence-corrected chi connectivity index (χ1v) is 4.60. The van der Waals surface area contributed by atoms with Crippen molar-refractivity contribution in [3.8, 4) is 0 Å². The Labute approximate surface area is 76.4 Å². The largest absolute Gasteiger partial charge is 0.481 e. The van der Waals surface area contributed by atoms with E-state index in [9.17, 15) is 9.59 Å². The maximum atomic E-state index is 11.1. The number of carboxylic acid groups (broad SMARTS) is 1. The maximum absolute atomic E-state index is 11.1. The first-order chi connectivity index (χ1) is 6.15. The van der Waals surface area contributed by atoms with Gasteiger partial charge in [0.05, 0.1) is 5.41 Å². The van der Waals surface area contributed by atoms with Gasteiger partial charge in [0.25, 0.3) is 0 Å². The first kappa shape index (κ1) is 8.48. The lowest BCUT2D eigenvalue weighted by atomic mass is 9.72. The van der Waals surface area contributed by atoms with Crippen molar-refractivity contribution in [2.75, 3.05) is 0 Å². The summed E-state index contributed by atoms with van der Waals surface area (Å²) in [6.07, 6.45) is 5.96. The number of aliphatic carboxylic acids is 1. The summed E-state index contributed by atoms with van der Waals surface area (Å²) in [5.41, 5.74) is -0.714. The molecule has 0 bridgehead atoms. The summed E-state index contributed by atoms with van der Waals surface area (Å²) in [6, 6.07) is 0. The van der Waals surface area contributed by atoms with Gasteiger partial charge in [-0.2, -0.15) is 0 Å². The molecule has 1 fully saturated rings. The van der Waals surface area contributed by atoms with Crippen LogP contribution >= 0.6 is 0 Å². The van der Waals surface area contributed by atoms with Crippen LogP contribution in [-0.2, 0) is 9.59 Å². The second-order valence-corrected chi connectivity index (χ2v) is 3.94. The van der Waals surface area contributed by atoms with Crippen LogP contribution in [0.5, 0.6) is 0 Å². The fraction of sp³-hybridized carbons (Fsp3) is 0.600. The second-order valence-electron chi connectivity index (χ2n) is 3.94. The van der Waals surface area contributed by atoms with E-state index >= 15 is 0 Å². The van der Waals surface area contributed by atoms with Crippen molar-refractivity contribution in [2.45, 2.75) is 25.7 Å². The molecular formula is C10H12O3. The first-order valence-electron chi connectivity index (χ1n) is 4.60. The predicted molar refractivity (Wildman–Crippen MR) is 46.2 cm³/mol. The van der Waals surface area contributed by atoms with Gasteiger partial charge in [-0.1, -0.05) is 12.5 Å². The lowest BCUT2D eigenvalue weighted by Crippen LogP contribution is -2.36. The molecule has 2 atom stereocenters. The van der Waals surface area contributed by atoms with Crippen LogP contribution in [0.2, 0.25) is 0 Å². The average molecular weight is 180 g/mol. The van der Waals surface area contributed by atoms with Gasteiger partial charge in [-0.15, -0.1) is 0 Å². The van der Waals surface area contributed by atoms with Crippen LogP contribution in [0.15, 0.2) is 12.2 Å². The Morgan fingerprint density at radius 2 is 2.38 bits per heavy atom. The maximum Gasteiger partial charge on any atom is 0.313 e. The molecule has 2 rings (SSSR count). The summed E-state index contributed by atoms with van der Waals surface area (Å²) >= 11 is 0. The minimum atomic E-state index is -0.765. The number of carbonyl (C=O) groups is 2. The van der Waals surface area contributed by atoms with Crippen molar-refractivity contribution in [1.29, 1.82) is 0 Å². The smallest absolute Gasteiger partial charge is 0.313 e. The Hall–Kier alpha value is -1.12. The summed E-state index contributed by atoms with van der Waals surface area (Å²) in [5, 5.41) is 9.12. The van der Waals surface area contributed by atoms with Crippen LogP contribution in [-0.4, -0.2) is 16.9 Å². The van der Waals surface area contributed by atoms with Crippen molar-refractivity contribution in [2.24, 2.45) is 11.3 Å². The number of carbonyl (C=O) groups excluding carboxylic acids is 1. The molecule has 3 heteroatoms. The highest BCUT2D eigenvalue weighted by Crippen LogP contribution is 2.48. The van der Waals surface area contributed by atoms with Crippen LogP contribution in [0.3, 0.4) is 0 Å². The number of rotatable bonds is 1. The van der Waals surface area contributed by atoms with Crippen molar-refractivity contribution in [3.63, 3.8) is 0 Å². The van der Waals surface area contributed by atoms with E-state index in [0.29, 0.717) is 12.8 Å². The number of hydrogen-bond acceptors (Lipinski definition) is 2. The number of fused-ring (bicyclic) bond motifs is 1. The lowest BCUT2D eigenvalue weighted by Gasteiger charge is -2.30. The fourth-order valence-electron chi connectivity index (χ4n) is 2.51. The van der Waals surface area contributed by atoms with Crippen LogP contribution < -0.4 is 0 Å². The molecule has 0 heterocycles. The molecule has 0 spiro atoms. The minimum Gasteiger partial charge on any atom is -0.481 e. The van der Waals surface area contributed by atoms with E-state index in [1.807, 2.05) is 0 Å². The van der Waals surface area contributed by atoms with Crippen LogP contribution in [0, 0.1) is 11.3 Å². The highest BCUT2D eigenvalue weighted by atomic mass is 16.4. The normalized spacial score (nSPS) is 37.5. The molecule has 0 amide bonds. The summed E-state index contributed by atoms with van der Waals surface area (Å²) in [6.45, 7) is 0. The van der Waals surface area contributed by atoms with Crippen LogP contribution in [0.4, 0.5) is 0 Å². The van der Waals surface area contributed by atoms with Gasteiger partial charge in [0.15, 0.2) is 5.78 Å². The van der Waals surface area contributed by atoms with E-state index < -0.39 is 11.4 Å². The highest BCUT2D eigenvalue weighted by Gasteiger charge is 2.49. The SMILES string of the molecule is O=C1C=CC2(C(=O)O)CCCC2C1. The molecule has 1 N–H and O–H groups in total. The van der Waals surface area contributed by atoms with Crippen LogP contribution in [0.25, 0.3) is 0 Å². The van der Waals surface area contributed by atoms with Gasteiger partial charge < -0.3 is 5.11 Å². The second kappa shape index (κ2) is 2.69. The third-order valence-electron chi connectivity index (χ3n) is 3.28. The Bertz CT molecular complexity index is 293. The Morgan fingerprint density at radius 3 is 3.08 bits per heavy atom. The summed E-state index contributed by atoms with van der Waals surface area (Å²) in [5.74, 6) is -0.648. The lowest BCUT2D eigenvalue weighted by molar-refractivity contribution is -0.148. The quantitative estimate of drug-likeness (QED) is 0.663. The summed E-state index contributed by atoms with van der Waals surface area (Å²) < 4.78 is 0. The summed E-state index contributed by atoms with van der Waals surface area (Å²) in [7, 11) is 0. The van der Waals surface area contributed by atoms with Gasteiger partial charge in [0.1, 0.15) is 0 Å². The molecule has 13 heavy (non-hydrogen) atoms. The standard InChI is InChI=1S/C10H12O3/c11-8-3-5-10(9(12)13)4-1-2-7(10)6-8/h3,5,7H,1-2,4,6H2,(H,12,13). The fourth-order valence-corrected chi connectivity index (χ4v) is 2.51. The Balaban J connectivity index is 2.38. The molecule has 2 aliphatic carbocycles. The van der Waals surface area contributed by atoms with Gasteiger partial charge in [-0.25, -0.2) is 0 Å². The van der Waals surface area contributed by atoms with Gasteiger partial charge in [-0.3, -0.25) is 9.59 Å². The van der Waals surface area contributed by atoms with E-state index in [1.54, 1.807) is 6.08 Å². The zero-order valence-electron chi connectivity index (χ0n) is 7.32. The molecule has 0 saturated heterocycles. The van der Waals surface area contributed by atoms with Crippen molar-refractivity contribution in [3.05, 3.63) is 12.2 Å². The van der Waals surface area contributed by atoms with Gasteiger partial charge in [0, 0.05) is 6.42 Å². The number of ketones is 1. The van der Waals surface area contributed by atoms with E-state index in [-0.39, 0.29) is 11.7 Å². The Kier molecular flexibility index (Phi) is 1.75. The molecule has 0 aromatic rings. The molecule has 3 nitrogen and oxygen atoms in total. The molecule has 0 aromatic heterocycles. The minimum absolute atomic E-state index is 0.0440. The monoisotopic (exact) mass is 180 g/mol. The topological polar surface area (TPSA) is 54.4 Å². The molecular weight excluding hydrogens is 168 g/mol. The third-order valence-corrected chi connectivity index (χ3v) is 3.28. The third kappa shape index (κ3) is 1.10. The molecule has 0 aromatic carbocycles. The number of carboxylic acids is 1. The molecule has 70 valence electrons. The zero-order valence-corrected chi connectivity index (χ0v) is 7.32. The average Bonchev–Trinajstić information content (AvgIpc) is 2.48. The van der Waals surface area contributed by atoms with E-state index in [1.165, 1.54) is 6.08 Å². The molecule has 0 aliphatic heterocycles. The van der Waals surface area contributed by atoms with Gasteiger partial charge >= 0.3 is 5.97 Å². The Morgan fingerprint density at radius 1 is 1.62 bits per heavy atom. The van der Waals surface area contributed by atoms with Crippen molar-refractivity contribution < 1.29 is 14.7 Å². The molecule has 1 saturated carbocycles. The number of allylic oxidation sites excluding steroid dienone is 1. The molecule has 0 radical (unpaired) electrons. The zero-order chi connectivity index (χ0) is 9.47. The van der Waals surface area contributed by atoms with E-state index in [0.717, 1.165) is 12.8 Å². The highest BCUT2D eigenvalue weighted by molar-refractivity contribution is 5.94. The van der Waals surface area contributed by atoms with E-state index in [2.05, 4.69) is 0 Å².